The summed E-state index contributed by atoms with van der Waals surface area (Å²) in [6.45, 7) is 8.25. The van der Waals surface area contributed by atoms with E-state index in [4.69, 9.17) is 16.0 Å². The van der Waals surface area contributed by atoms with Crippen LogP contribution in [0, 0.1) is 12.4 Å². The lowest BCUT2D eigenvalue weighted by atomic mass is 10.1. The largest absolute Gasteiger partial charge is 0.497 e. The summed E-state index contributed by atoms with van der Waals surface area (Å²) in [5.74, 6) is 1.58. The van der Waals surface area contributed by atoms with Crippen molar-refractivity contribution >= 4 is 11.6 Å². The number of hydrogen-bond acceptors (Lipinski definition) is 6. The van der Waals surface area contributed by atoms with Gasteiger partial charge in [-0.2, -0.15) is 0 Å². The third kappa shape index (κ3) is 5.90. The highest BCUT2D eigenvalue weighted by atomic mass is 19.1. The topological polar surface area (TPSA) is 63.9 Å². The van der Waals surface area contributed by atoms with E-state index >= 15 is 0 Å². The fourth-order valence-electron chi connectivity index (χ4n) is 3.19. The second-order valence-electron chi connectivity index (χ2n) is 7.00. The van der Waals surface area contributed by atoms with Crippen LogP contribution in [0.4, 0.5) is 16.0 Å². The molecule has 31 heavy (non-hydrogen) atoms. The van der Waals surface area contributed by atoms with Gasteiger partial charge in [-0.1, -0.05) is 18.2 Å². The molecule has 7 nitrogen and oxygen atoms in total. The Labute approximate surface area is 181 Å². The fourth-order valence-corrected chi connectivity index (χ4v) is 3.19. The van der Waals surface area contributed by atoms with E-state index in [0.29, 0.717) is 24.7 Å². The molecule has 0 saturated carbocycles. The van der Waals surface area contributed by atoms with Crippen molar-refractivity contribution in [1.29, 1.82) is 0 Å². The average molecular weight is 421 g/mol. The average Bonchev–Trinajstić information content (AvgIpc) is 2.80. The van der Waals surface area contributed by atoms with E-state index in [1.165, 1.54) is 24.5 Å². The van der Waals surface area contributed by atoms with E-state index in [1.807, 2.05) is 25.2 Å². The van der Waals surface area contributed by atoms with Gasteiger partial charge in [0.25, 0.3) is 0 Å². The molecule has 160 valence electrons. The van der Waals surface area contributed by atoms with E-state index in [2.05, 4.69) is 25.0 Å². The van der Waals surface area contributed by atoms with Gasteiger partial charge in [-0.3, -0.25) is 4.90 Å². The molecule has 1 N–H and O–H groups in total. The number of hydrogen-bond donors (Lipinski definition) is 1. The molecular weight excluding hydrogens is 397 g/mol. The number of nitrogens with zero attached hydrogens (tertiary/aromatic N) is 4. The zero-order valence-corrected chi connectivity index (χ0v) is 17.7. The van der Waals surface area contributed by atoms with Gasteiger partial charge < -0.3 is 14.8 Å². The molecule has 0 aliphatic heterocycles. The Balaban J connectivity index is 1.78. The van der Waals surface area contributed by atoms with Gasteiger partial charge in [0.1, 0.15) is 17.3 Å². The summed E-state index contributed by atoms with van der Waals surface area (Å²) in [6, 6.07) is 11.9. The molecule has 1 unspecified atom stereocenters. The number of methoxy groups -OCH3 is 2. The van der Waals surface area contributed by atoms with Crippen LogP contribution < -0.4 is 14.8 Å². The Kier molecular flexibility index (Phi) is 7.35. The maximum atomic E-state index is 13.4. The molecule has 1 aromatic heterocycles. The highest BCUT2D eigenvalue weighted by Crippen LogP contribution is 2.27. The third-order valence-corrected chi connectivity index (χ3v) is 4.77. The number of halogens is 1. The lowest BCUT2D eigenvalue weighted by Crippen LogP contribution is -2.29. The standard InChI is InChI=1S/C23H24FN5O2/c1-25-19-12-26-23(27-13-19)28-21(16-5-8-18(24)9-6-16)15-29(2)14-17-7-10-20(30-3)11-22(17)31-4/h5-13,21H,14-15H2,2-4H3,(H,26,27,28). The summed E-state index contributed by atoms with van der Waals surface area (Å²) in [5, 5.41) is 3.29. The van der Waals surface area contributed by atoms with Crippen molar-refractivity contribution in [3.8, 4) is 11.5 Å². The SMILES string of the molecule is [C-]#[N+]c1cnc(NC(CN(C)Cc2ccc(OC)cc2OC)c2ccc(F)cc2)nc1. The zero-order valence-electron chi connectivity index (χ0n) is 17.7. The minimum absolute atomic E-state index is 0.200. The molecule has 3 aromatic rings. The first-order valence-electron chi connectivity index (χ1n) is 9.63. The van der Waals surface area contributed by atoms with Crippen molar-refractivity contribution in [3.05, 3.63) is 83.2 Å². The summed E-state index contributed by atoms with van der Waals surface area (Å²) in [5.41, 5.74) is 2.28. The minimum Gasteiger partial charge on any atom is -0.497 e. The van der Waals surface area contributed by atoms with Crippen molar-refractivity contribution in [2.75, 3.05) is 33.1 Å². The highest BCUT2D eigenvalue weighted by Gasteiger charge is 2.17. The predicted molar refractivity (Wildman–Crippen MR) is 117 cm³/mol. The summed E-state index contributed by atoms with van der Waals surface area (Å²) < 4.78 is 24.2. The van der Waals surface area contributed by atoms with Gasteiger partial charge in [0.05, 0.1) is 26.8 Å². The molecule has 0 fully saturated rings. The molecule has 0 saturated heterocycles. The number of rotatable bonds is 9. The highest BCUT2D eigenvalue weighted by molar-refractivity contribution is 5.43. The molecule has 1 heterocycles. The number of likely N-dealkylation sites (N-methyl/N-ethyl adjacent to an activating group) is 1. The van der Waals surface area contributed by atoms with Gasteiger partial charge in [0, 0.05) is 37.1 Å². The van der Waals surface area contributed by atoms with Crippen LogP contribution in [0.25, 0.3) is 4.85 Å². The van der Waals surface area contributed by atoms with Crippen LogP contribution in [0.5, 0.6) is 11.5 Å². The van der Waals surface area contributed by atoms with Crippen molar-refractivity contribution < 1.29 is 13.9 Å². The quantitative estimate of drug-likeness (QED) is 0.515. The summed E-state index contributed by atoms with van der Waals surface area (Å²) in [6.07, 6.45) is 2.94. The number of nitrogens with one attached hydrogen (secondary N) is 1. The molecule has 0 bridgehead atoms. The number of benzene rings is 2. The number of ether oxygens (including phenoxy) is 2. The van der Waals surface area contributed by atoms with Gasteiger partial charge in [-0.15, -0.1) is 0 Å². The molecule has 0 aliphatic rings. The molecule has 2 aromatic carbocycles. The number of anilines is 1. The smallest absolute Gasteiger partial charge is 0.223 e. The Morgan fingerprint density at radius 2 is 1.81 bits per heavy atom. The van der Waals surface area contributed by atoms with E-state index in [-0.39, 0.29) is 11.9 Å². The van der Waals surface area contributed by atoms with Crippen molar-refractivity contribution in [3.63, 3.8) is 0 Å². The molecular formula is C23H24FN5O2. The molecule has 8 heteroatoms. The maximum Gasteiger partial charge on any atom is 0.223 e. The lowest BCUT2D eigenvalue weighted by molar-refractivity contribution is 0.303. The Morgan fingerprint density at radius 3 is 2.42 bits per heavy atom. The predicted octanol–water partition coefficient (Wildman–Crippen LogP) is 4.47. The molecule has 0 amide bonds. The Morgan fingerprint density at radius 1 is 1.10 bits per heavy atom. The molecule has 0 aliphatic carbocycles. The van der Waals surface area contributed by atoms with Crippen LogP contribution in [0.2, 0.25) is 0 Å². The second-order valence-corrected chi connectivity index (χ2v) is 7.00. The monoisotopic (exact) mass is 421 g/mol. The van der Waals surface area contributed by atoms with Crippen LogP contribution in [0.15, 0.2) is 54.9 Å². The maximum absolute atomic E-state index is 13.4. The van der Waals surface area contributed by atoms with Gasteiger partial charge in [-0.25, -0.2) is 19.2 Å². The van der Waals surface area contributed by atoms with Crippen LogP contribution >= 0.6 is 0 Å². The van der Waals surface area contributed by atoms with Crippen LogP contribution in [-0.4, -0.2) is 42.7 Å². The van der Waals surface area contributed by atoms with Crippen LogP contribution in [0.3, 0.4) is 0 Å². The third-order valence-electron chi connectivity index (χ3n) is 4.77. The summed E-state index contributed by atoms with van der Waals surface area (Å²) in [4.78, 5) is 13.8. The van der Waals surface area contributed by atoms with Crippen molar-refractivity contribution in [1.82, 2.24) is 14.9 Å². The molecule has 3 rings (SSSR count). The van der Waals surface area contributed by atoms with E-state index in [0.717, 1.165) is 22.6 Å². The summed E-state index contributed by atoms with van der Waals surface area (Å²) >= 11 is 0. The molecule has 0 radical (unpaired) electrons. The van der Waals surface area contributed by atoms with E-state index < -0.39 is 0 Å². The van der Waals surface area contributed by atoms with Crippen LogP contribution in [-0.2, 0) is 6.54 Å². The van der Waals surface area contributed by atoms with Gasteiger partial charge in [0.2, 0.25) is 11.6 Å². The normalized spacial score (nSPS) is 11.6. The van der Waals surface area contributed by atoms with Gasteiger partial charge in [0.15, 0.2) is 0 Å². The second kappa shape index (κ2) is 10.4. The van der Waals surface area contributed by atoms with Crippen molar-refractivity contribution in [2.45, 2.75) is 12.6 Å². The zero-order chi connectivity index (χ0) is 22.2. The number of aromatic nitrogens is 2. The van der Waals surface area contributed by atoms with Gasteiger partial charge in [-0.05, 0) is 30.8 Å². The Bertz CT molecular complexity index is 1040. The van der Waals surface area contributed by atoms with Gasteiger partial charge >= 0.3 is 0 Å². The molecule has 1 atom stereocenters. The first-order chi connectivity index (χ1) is 15.0. The van der Waals surface area contributed by atoms with Crippen molar-refractivity contribution in [2.24, 2.45) is 0 Å². The van der Waals surface area contributed by atoms with Crippen LogP contribution in [0.1, 0.15) is 17.2 Å². The first-order valence-corrected chi connectivity index (χ1v) is 9.63. The van der Waals surface area contributed by atoms with E-state index in [9.17, 15) is 4.39 Å². The fraction of sp³-hybridized carbons (Fsp3) is 0.261. The molecule has 0 spiro atoms. The Hall–Kier alpha value is -3.70. The van der Waals surface area contributed by atoms with E-state index in [1.54, 1.807) is 26.4 Å². The first kappa shape index (κ1) is 22.0. The minimum atomic E-state index is -0.295. The summed E-state index contributed by atoms with van der Waals surface area (Å²) in [7, 11) is 5.24. The lowest BCUT2D eigenvalue weighted by Gasteiger charge is -2.26.